The van der Waals surface area contributed by atoms with Crippen molar-refractivity contribution in [1.29, 1.82) is 0 Å². The number of carboxylic acids is 1. The number of amides is 4. The lowest BCUT2D eigenvalue weighted by atomic mass is 9.89. The van der Waals surface area contributed by atoms with Gasteiger partial charge in [0, 0.05) is 34.2 Å². The van der Waals surface area contributed by atoms with E-state index in [0.717, 1.165) is 12.0 Å². The molecule has 13 heteroatoms. The highest BCUT2D eigenvalue weighted by Crippen LogP contribution is 2.30. The first kappa shape index (κ1) is 47.6. The number of hydrogen-bond donors (Lipinski definition) is 3. The molecule has 0 radical (unpaired) electrons. The largest absolute Gasteiger partial charge is 0.480 e. The molecule has 9 atom stereocenters. The Labute approximate surface area is 330 Å². The number of likely N-dealkylation sites (N-methyl/N-ethyl adjacent to an activating group) is 2. The Balaban J connectivity index is 2.29. The molecule has 312 valence electrons. The molecular weight excluding hydrogens is 702 g/mol. The first-order valence-corrected chi connectivity index (χ1v) is 20.2. The van der Waals surface area contributed by atoms with Crippen LogP contribution in [0.15, 0.2) is 30.3 Å². The lowest BCUT2D eigenvalue weighted by Crippen LogP contribution is -2.60. The summed E-state index contributed by atoms with van der Waals surface area (Å²) >= 11 is 0. The van der Waals surface area contributed by atoms with E-state index in [-0.39, 0.29) is 54.4 Å². The summed E-state index contributed by atoms with van der Waals surface area (Å²) in [5.74, 6) is -3.15. The number of nitrogens with one attached hydrogen (secondary N) is 2. The molecule has 1 aliphatic rings. The zero-order chi connectivity index (χ0) is 41.6. The molecule has 0 saturated carbocycles. The first-order valence-electron chi connectivity index (χ1n) is 20.2. The average molecular weight is 774 g/mol. The molecule has 4 amide bonds. The molecule has 1 saturated heterocycles. The maximum Gasteiger partial charge on any atom is 0.326 e. The number of hydrogen-bond acceptors (Lipinski definition) is 8. The van der Waals surface area contributed by atoms with Crippen molar-refractivity contribution in [3.05, 3.63) is 35.9 Å². The second-order valence-corrected chi connectivity index (χ2v) is 15.8. The minimum absolute atomic E-state index is 0.00904. The van der Waals surface area contributed by atoms with Gasteiger partial charge in [0.15, 0.2) is 0 Å². The summed E-state index contributed by atoms with van der Waals surface area (Å²) in [4.78, 5) is 73.4. The van der Waals surface area contributed by atoms with Crippen molar-refractivity contribution in [2.45, 2.75) is 137 Å². The van der Waals surface area contributed by atoms with E-state index in [4.69, 9.17) is 9.47 Å². The van der Waals surface area contributed by atoms with Crippen LogP contribution >= 0.6 is 0 Å². The Morgan fingerprint density at radius 1 is 0.891 bits per heavy atom. The van der Waals surface area contributed by atoms with Crippen LogP contribution in [-0.2, 0) is 39.9 Å². The van der Waals surface area contributed by atoms with E-state index in [2.05, 4.69) is 15.5 Å². The number of benzene rings is 1. The van der Waals surface area contributed by atoms with Crippen LogP contribution in [0.5, 0.6) is 0 Å². The molecule has 55 heavy (non-hydrogen) atoms. The van der Waals surface area contributed by atoms with Crippen molar-refractivity contribution in [3.8, 4) is 0 Å². The number of carbonyl (C=O) groups excluding carboxylic acids is 4. The summed E-state index contributed by atoms with van der Waals surface area (Å²) in [6, 6.07) is 5.93. The van der Waals surface area contributed by atoms with Gasteiger partial charge in [-0.1, -0.05) is 99.1 Å². The van der Waals surface area contributed by atoms with Crippen LogP contribution in [0.4, 0.5) is 0 Å². The van der Waals surface area contributed by atoms with Crippen LogP contribution in [0.3, 0.4) is 0 Å². The topological polar surface area (TPSA) is 158 Å². The zero-order valence-electron chi connectivity index (χ0n) is 35.5. The molecule has 3 N–H and O–H groups in total. The molecule has 0 aromatic heterocycles. The van der Waals surface area contributed by atoms with Crippen LogP contribution in [0, 0.1) is 23.7 Å². The van der Waals surface area contributed by atoms with Crippen LogP contribution in [-0.4, -0.2) is 133 Å². The molecule has 0 spiro atoms. The van der Waals surface area contributed by atoms with Gasteiger partial charge in [-0.3, -0.25) is 24.1 Å². The predicted molar refractivity (Wildman–Crippen MR) is 214 cm³/mol. The second kappa shape index (κ2) is 22.9. The summed E-state index contributed by atoms with van der Waals surface area (Å²) in [6.07, 6.45) is 0.822. The van der Waals surface area contributed by atoms with E-state index in [1.165, 1.54) is 7.11 Å². The van der Waals surface area contributed by atoms with E-state index in [1.807, 2.05) is 85.7 Å². The summed E-state index contributed by atoms with van der Waals surface area (Å²) < 4.78 is 11.9. The van der Waals surface area contributed by atoms with Gasteiger partial charge in [0.1, 0.15) is 12.1 Å². The van der Waals surface area contributed by atoms with E-state index in [9.17, 15) is 29.1 Å². The highest BCUT2D eigenvalue weighted by Gasteiger charge is 2.43. The van der Waals surface area contributed by atoms with Crippen molar-refractivity contribution in [2.75, 3.05) is 40.9 Å². The van der Waals surface area contributed by atoms with E-state index < -0.39 is 54.2 Å². The normalized spacial score (nSPS) is 19.0. The lowest BCUT2D eigenvalue weighted by Gasteiger charge is -2.41. The molecule has 1 fully saturated rings. The SMILES string of the molecule is CC[C@H](C)[C@@H]([C@@H](CC(=O)N1CCC[C@H]1[C@H](OC)[C@@H](C)C(=O)N[C@@H](Cc1ccccc1)C(=O)O)OC)N(C)C(=O)[C@@H](NC(=O)[C@H](C(C)C)N(CC)CC)C(C)C. The van der Waals surface area contributed by atoms with Crippen molar-refractivity contribution >= 4 is 29.6 Å². The number of aliphatic carboxylic acids is 1. The quantitative estimate of drug-likeness (QED) is 0.148. The third-order valence-electron chi connectivity index (χ3n) is 11.5. The minimum Gasteiger partial charge on any atom is -0.480 e. The van der Waals surface area contributed by atoms with Crippen molar-refractivity contribution in [3.63, 3.8) is 0 Å². The highest BCUT2D eigenvalue weighted by molar-refractivity contribution is 5.90. The number of rotatable bonds is 23. The molecule has 0 aliphatic carbocycles. The Morgan fingerprint density at radius 2 is 1.51 bits per heavy atom. The molecule has 1 aliphatic heterocycles. The number of carbonyl (C=O) groups is 5. The van der Waals surface area contributed by atoms with Crippen LogP contribution in [0.1, 0.15) is 93.6 Å². The monoisotopic (exact) mass is 774 g/mol. The maximum absolute atomic E-state index is 14.3. The Hall–Kier alpha value is -3.55. The third kappa shape index (κ3) is 12.7. The molecule has 0 unspecified atom stereocenters. The first-order chi connectivity index (χ1) is 26.0. The zero-order valence-corrected chi connectivity index (χ0v) is 35.5. The standard InChI is InChI=1S/C42H71N5O8/c1-13-28(8)37(45(10)41(51)35(26(4)5)44-40(50)36(27(6)7)46(14-2)15-3)33(54-11)25-34(48)47-23-19-22-32(47)38(55-12)29(9)39(49)43-31(42(52)53)24-30-20-17-16-18-21-30/h16-18,20-21,26-29,31-33,35-38H,13-15,19,22-25H2,1-12H3,(H,43,49)(H,44,50)(H,52,53)/t28-,29+,31-,32-,33+,35-,36-,37-,38+/m0/s1. The molecule has 2 rings (SSSR count). The molecule has 0 bridgehead atoms. The van der Waals surface area contributed by atoms with Gasteiger partial charge in [0.05, 0.1) is 42.7 Å². The van der Waals surface area contributed by atoms with E-state index >= 15 is 0 Å². The summed E-state index contributed by atoms with van der Waals surface area (Å²) in [5.41, 5.74) is 0.786. The summed E-state index contributed by atoms with van der Waals surface area (Å²) in [5, 5.41) is 15.7. The van der Waals surface area contributed by atoms with Crippen molar-refractivity contribution < 1.29 is 38.6 Å². The molecule has 1 heterocycles. The Bertz CT molecular complexity index is 1370. The second-order valence-electron chi connectivity index (χ2n) is 15.8. The van der Waals surface area contributed by atoms with Crippen molar-refractivity contribution in [1.82, 2.24) is 25.3 Å². The van der Waals surface area contributed by atoms with Gasteiger partial charge in [0.25, 0.3) is 0 Å². The van der Waals surface area contributed by atoms with Crippen LogP contribution in [0.2, 0.25) is 0 Å². The fourth-order valence-electron chi connectivity index (χ4n) is 8.14. The fraction of sp³-hybridized carbons (Fsp3) is 0.738. The number of methoxy groups -OCH3 is 2. The van der Waals surface area contributed by atoms with Gasteiger partial charge in [0.2, 0.25) is 23.6 Å². The smallest absolute Gasteiger partial charge is 0.326 e. The molecule has 1 aromatic rings. The van der Waals surface area contributed by atoms with Gasteiger partial charge < -0.3 is 35.0 Å². The number of likely N-dealkylation sites (tertiary alicyclic amines) is 1. The van der Waals surface area contributed by atoms with Crippen molar-refractivity contribution in [2.24, 2.45) is 23.7 Å². The average Bonchev–Trinajstić information content (AvgIpc) is 3.64. The van der Waals surface area contributed by atoms with Gasteiger partial charge in [-0.25, -0.2) is 4.79 Å². The third-order valence-corrected chi connectivity index (χ3v) is 11.5. The Kier molecular flexibility index (Phi) is 19.8. The maximum atomic E-state index is 14.3. The lowest BCUT2D eigenvalue weighted by molar-refractivity contribution is -0.148. The molecule has 13 nitrogen and oxygen atoms in total. The van der Waals surface area contributed by atoms with Gasteiger partial charge >= 0.3 is 5.97 Å². The van der Waals surface area contributed by atoms with Crippen LogP contribution in [0.25, 0.3) is 0 Å². The summed E-state index contributed by atoms with van der Waals surface area (Å²) in [6.45, 7) is 19.5. The summed E-state index contributed by atoms with van der Waals surface area (Å²) in [7, 11) is 4.77. The van der Waals surface area contributed by atoms with E-state index in [1.54, 1.807) is 30.9 Å². The molecule has 1 aromatic carbocycles. The van der Waals surface area contributed by atoms with Gasteiger partial charge in [-0.05, 0) is 49.2 Å². The molecular formula is C42H71N5O8. The highest BCUT2D eigenvalue weighted by atomic mass is 16.5. The predicted octanol–water partition coefficient (Wildman–Crippen LogP) is 4.23. The Morgan fingerprint density at radius 3 is 2.00 bits per heavy atom. The van der Waals surface area contributed by atoms with Gasteiger partial charge in [-0.15, -0.1) is 0 Å². The van der Waals surface area contributed by atoms with Crippen LogP contribution < -0.4 is 10.6 Å². The van der Waals surface area contributed by atoms with E-state index in [0.29, 0.717) is 32.5 Å². The number of ether oxygens (including phenoxy) is 2. The number of carboxylic acid groups (broad SMARTS) is 1. The van der Waals surface area contributed by atoms with Gasteiger partial charge in [-0.2, -0.15) is 0 Å². The fourth-order valence-corrected chi connectivity index (χ4v) is 8.14. The number of nitrogens with zero attached hydrogens (tertiary/aromatic N) is 3. The minimum atomic E-state index is -1.14.